The Bertz CT molecular complexity index is 1370. The van der Waals surface area contributed by atoms with Crippen molar-refractivity contribution in [2.75, 3.05) is 7.11 Å². The summed E-state index contributed by atoms with van der Waals surface area (Å²) in [6, 6.07) is 17.5. The van der Waals surface area contributed by atoms with Gasteiger partial charge in [0.2, 0.25) is 5.91 Å². The van der Waals surface area contributed by atoms with Crippen molar-refractivity contribution in [3.8, 4) is 17.2 Å². The number of halogens is 1. The molecule has 0 saturated carbocycles. The van der Waals surface area contributed by atoms with Gasteiger partial charge in [-0.25, -0.2) is 9.07 Å². The van der Waals surface area contributed by atoms with Crippen molar-refractivity contribution < 1.29 is 18.7 Å². The van der Waals surface area contributed by atoms with Gasteiger partial charge in [0.1, 0.15) is 23.4 Å². The highest BCUT2D eigenvalue weighted by Gasteiger charge is 2.29. The quantitative estimate of drug-likeness (QED) is 0.338. The summed E-state index contributed by atoms with van der Waals surface area (Å²) in [6.07, 6.45) is 1.30. The van der Waals surface area contributed by atoms with Crippen LogP contribution in [0.3, 0.4) is 0 Å². The molecule has 0 radical (unpaired) electrons. The van der Waals surface area contributed by atoms with Gasteiger partial charge in [-0.1, -0.05) is 32.9 Å². The van der Waals surface area contributed by atoms with Crippen LogP contribution in [0.1, 0.15) is 44.9 Å². The summed E-state index contributed by atoms with van der Waals surface area (Å²) in [4.78, 5) is 12.8. The summed E-state index contributed by atoms with van der Waals surface area (Å²) in [6.45, 7) is 9.56. The molecule has 2 atom stereocenters. The Hall–Kier alpha value is -3.87. The lowest BCUT2D eigenvalue weighted by Gasteiger charge is -2.30. The van der Waals surface area contributed by atoms with Crippen molar-refractivity contribution in [2.45, 2.75) is 46.8 Å². The van der Waals surface area contributed by atoms with E-state index in [1.165, 1.54) is 12.1 Å². The molecule has 1 aromatic heterocycles. The minimum Gasteiger partial charge on any atom is -0.497 e. The Morgan fingerprint density at radius 2 is 1.81 bits per heavy atom. The number of carbonyl (C=O) groups is 1. The maximum atomic E-state index is 13.4. The SMILES string of the molecule is COc1cccc(C(Oc2cc3cnn(-c4ccc(F)cc4)c3cc2C)C(C)NC(=O)C(C)(C)C)c1. The minimum absolute atomic E-state index is 0.0563. The number of aromatic nitrogens is 2. The Labute approximate surface area is 211 Å². The fraction of sp³-hybridized carbons (Fsp3) is 0.310. The van der Waals surface area contributed by atoms with Gasteiger partial charge in [-0.05, 0) is 73.5 Å². The van der Waals surface area contributed by atoms with E-state index < -0.39 is 11.5 Å². The molecular weight excluding hydrogens is 457 g/mol. The van der Waals surface area contributed by atoms with Crippen LogP contribution in [-0.4, -0.2) is 28.8 Å². The molecule has 0 spiro atoms. The van der Waals surface area contributed by atoms with E-state index in [0.717, 1.165) is 27.7 Å². The number of nitrogens with one attached hydrogen (secondary N) is 1. The first-order chi connectivity index (χ1) is 17.1. The van der Waals surface area contributed by atoms with Crippen molar-refractivity contribution in [2.24, 2.45) is 5.41 Å². The first kappa shape index (κ1) is 25.2. The fourth-order valence-electron chi connectivity index (χ4n) is 3.99. The highest BCUT2D eigenvalue weighted by Crippen LogP contribution is 2.33. The predicted molar refractivity (Wildman–Crippen MR) is 139 cm³/mol. The Kier molecular flexibility index (Phi) is 7.02. The predicted octanol–water partition coefficient (Wildman–Crippen LogP) is 6.15. The van der Waals surface area contributed by atoms with Gasteiger partial charge < -0.3 is 14.8 Å². The number of fused-ring (bicyclic) bond motifs is 1. The van der Waals surface area contributed by atoms with Crippen LogP contribution in [0.25, 0.3) is 16.6 Å². The lowest BCUT2D eigenvalue weighted by atomic mass is 9.94. The highest BCUT2D eigenvalue weighted by molar-refractivity contribution is 5.83. The standard InChI is InChI=1S/C29H32FN3O3/c1-18-14-25-21(17-31-33(25)23-12-10-22(30)11-13-23)16-26(18)36-27(19(2)32-28(34)29(3,4)5)20-8-7-9-24(15-20)35-6/h7-17,19,27H,1-6H3,(H,32,34). The van der Waals surface area contributed by atoms with Gasteiger partial charge in [-0.3, -0.25) is 4.79 Å². The summed E-state index contributed by atoms with van der Waals surface area (Å²) < 4.78 is 27.2. The van der Waals surface area contributed by atoms with Gasteiger partial charge in [0.15, 0.2) is 0 Å². The molecule has 1 heterocycles. The molecule has 7 heteroatoms. The molecule has 188 valence electrons. The van der Waals surface area contributed by atoms with Gasteiger partial charge in [-0.15, -0.1) is 0 Å². The van der Waals surface area contributed by atoms with Crippen molar-refractivity contribution in [1.82, 2.24) is 15.1 Å². The van der Waals surface area contributed by atoms with E-state index in [4.69, 9.17) is 9.47 Å². The van der Waals surface area contributed by atoms with E-state index >= 15 is 0 Å². The normalized spacial score (nSPS) is 13.3. The topological polar surface area (TPSA) is 65.4 Å². The first-order valence-electron chi connectivity index (χ1n) is 11.9. The maximum Gasteiger partial charge on any atom is 0.225 e. The molecule has 0 aliphatic heterocycles. The van der Waals surface area contributed by atoms with E-state index in [1.54, 1.807) is 30.1 Å². The number of amides is 1. The number of benzene rings is 3. The number of carbonyl (C=O) groups excluding carboxylic acids is 1. The van der Waals surface area contributed by atoms with E-state index in [-0.39, 0.29) is 17.8 Å². The van der Waals surface area contributed by atoms with Crippen LogP contribution in [0.5, 0.6) is 11.5 Å². The molecular formula is C29H32FN3O3. The van der Waals surface area contributed by atoms with E-state index in [1.807, 2.05) is 71.0 Å². The zero-order valence-corrected chi connectivity index (χ0v) is 21.5. The third-order valence-corrected chi connectivity index (χ3v) is 6.11. The average molecular weight is 490 g/mol. The smallest absolute Gasteiger partial charge is 0.225 e. The van der Waals surface area contributed by atoms with Gasteiger partial charge in [-0.2, -0.15) is 5.10 Å². The molecule has 1 N–H and O–H groups in total. The van der Waals surface area contributed by atoms with Crippen LogP contribution in [0, 0.1) is 18.2 Å². The Balaban J connectivity index is 1.70. The lowest BCUT2D eigenvalue weighted by molar-refractivity contribution is -0.129. The Morgan fingerprint density at radius 1 is 1.08 bits per heavy atom. The summed E-state index contributed by atoms with van der Waals surface area (Å²) in [5.41, 5.74) is 2.92. The molecule has 0 aliphatic carbocycles. The van der Waals surface area contributed by atoms with Crippen LogP contribution < -0.4 is 14.8 Å². The largest absolute Gasteiger partial charge is 0.497 e. The number of methoxy groups -OCH3 is 1. The number of ether oxygens (including phenoxy) is 2. The van der Waals surface area contributed by atoms with Crippen LogP contribution >= 0.6 is 0 Å². The molecule has 36 heavy (non-hydrogen) atoms. The number of rotatable bonds is 7. The van der Waals surface area contributed by atoms with Gasteiger partial charge >= 0.3 is 0 Å². The molecule has 4 aromatic rings. The van der Waals surface area contributed by atoms with Gasteiger partial charge in [0, 0.05) is 10.8 Å². The average Bonchev–Trinajstić information content (AvgIpc) is 3.24. The third kappa shape index (κ3) is 5.35. The summed E-state index contributed by atoms with van der Waals surface area (Å²) >= 11 is 0. The molecule has 4 rings (SSSR count). The monoisotopic (exact) mass is 489 g/mol. The van der Waals surface area contributed by atoms with E-state index in [2.05, 4.69) is 10.4 Å². The maximum absolute atomic E-state index is 13.4. The number of hydrogen-bond donors (Lipinski definition) is 1. The van der Waals surface area contributed by atoms with Gasteiger partial charge in [0.25, 0.3) is 0 Å². The highest BCUT2D eigenvalue weighted by atomic mass is 19.1. The van der Waals surface area contributed by atoms with Crippen LogP contribution in [-0.2, 0) is 4.79 Å². The molecule has 6 nitrogen and oxygen atoms in total. The zero-order valence-electron chi connectivity index (χ0n) is 21.5. The molecule has 0 saturated heterocycles. The molecule has 1 amide bonds. The molecule has 0 aliphatic rings. The van der Waals surface area contributed by atoms with Crippen molar-refractivity contribution in [3.63, 3.8) is 0 Å². The molecule has 2 unspecified atom stereocenters. The second-order valence-corrected chi connectivity index (χ2v) is 10.0. The summed E-state index contributed by atoms with van der Waals surface area (Å²) in [7, 11) is 1.62. The summed E-state index contributed by atoms with van der Waals surface area (Å²) in [5.74, 6) is 1.05. The molecule has 3 aromatic carbocycles. The van der Waals surface area contributed by atoms with Crippen LogP contribution in [0.2, 0.25) is 0 Å². The first-order valence-corrected chi connectivity index (χ1v) is 11.9. The minimum atomic E-state index is -0.531. The van der Waals surface area contributed by atoms with E-state index in [9.17, 15) is 9.18 Å². The second kappa shape index (κ2) is 10.0. The number of aryl methyl sites for hydroxylation is 1. The van der Waals surface area contributed by atoms with Gasteiger partial charge in [0.05, 0.1) is 30.6 Å². The third-order valence-electron chi connectivity index (χ3n) is 6.11. The van der Waals surface area contributed by atoms with Crippen molar-refractivity contribution in [1.29, 1.82) is 0 Å². The molecule has 0 fully saturated rings. The fourth-order valence-corrected chi connectivity index (χ4v) is 3.99. The van der Waals surface area contributed by atoms with E-state index in [0.29, 0.717) is 11.5 Å². The van der Waals surface area contributed by atoms with Crippen LogP contribution in [0.4, 0.5) is 4.39 Å². The zero-order chi connectivity index (χ0) is 26.0. The number of nitrogens with zero attached hydrogens (tertiary/aromatic N) is 2. The lowest BCUT2D eigenvalue weighted by Crippen LogP contribution is -2.44. The molecule has 0 bridgehead atoms. The Morgan fingerprint density at radius 3 is 2.47 bits per heavy atom. The van der Waals surface area contributed by atoms with Crippen molar-refractivity contribution in [3.05, 3.63) is 83.8 Å². The van der Waals surface area contributed by atoms with Crippen molar-refractivity contribution >= 4 is 16.8 Å². The number of hydrogen-bond acceptors (Lipinski definition) is 4. The van der Waals surface area contributed by atoms with Crippen LogP contribution in [0.15, 0.2) is 66.9 Å². The second-order valence-electron chi connectivity index (χ2n) is 10.0. The summed E-state index contributed by atoms with van der Waals surface area (Å²) in [5, 5.41) is 8.50.